The SMILES string of the molecule is C=C(C)C(=O)OCCCc1ccc(OC)cc1. The van der Waals surface area contributed by atoms with E-state index in [9.17, 15) is 4.79 Å². The number of benzene rings is 1. The Balaban J connectivity index is 2.26. The first-order valence-electron chi connectivity index (χ1n) is 5.59. The van der Waals surface area contributed by atoms with Gasteiger partial charge in [0.25, 0.3) is 0 Å². The van der Waals surface area contributed by atoms with E-state index in [2.05, 4.69) is 6.58 Å². The maximum Gasteiger partial charge on any atom is 0.333 e. The van der Waals surface area contributed by atoms with Crippen molar-refractivity contribution in [2.24, 2.45) is 0 Å². The number of hydrogen-bond acceptors (Lipinski definition) is 3. The molecule has 0 amide bonds. The lowest BCUT2D eigenvalue weighted by Crippen LogP contribution is -2.06. The molecule has 0 spiro atoms. The Morgan fingerprint density at radius 1 is 1.29 bits per heavy atom. The average molecular weight is 234 g/mol. The van der Waals surface area contributed by atoms with Crippen molar-refractivity contribution in [1.29, 1.82) is 0 Å². The summed E-state index contributed by atoms with van der Waals surface area (Å²) in [7, 11) is 1.64. The third-order valence-corrected chi connectivity index (χ3v) is 2.35. The average Bonchev–Trinajstić information content (AvgIpc) is 2.35. The predicted molar refractivity (Wildman–Crippen MR) is 67.1 cm³/mol. The molecule has 1 aromatic rings. The van der Waals surface area contributed by atoms with Gasteiger partial charge in [-0.1, -0.05) is 18.7 Å². The standard InChI is InChI=1S/C14H18O3/c1-11(2)14(15)17-10-4-5-12-6-8-13(16-3)9-7-12/h6-9H,1,4-5,10H2,2-3H3. The summed E-state index contributed by atoms with van der Waals surface area (Å²) in [5.74, 6) is 0.530. The zero-order valence-electron chi connectivity index (χ0n) is 10.4. The first-order chi connectivity index (χ1) is 8.13. The predicted octanol–water partition coefficient (Wildman–Crippen LogP) is 2.75. The van der Waals surface area contributed by atoms with E-state index in [1.54, 1.807) is 14.0 Å². The van der Waals surface area contributed by atoms with Gasteiger partial charge >= 0.3 is 5.97 Å². The highest BCUT2D eigenvalue weighted by atomic mass is 16.5. The van der Waals surface area contributed by atoms with Crippen LogP contribution in [-0.2, 0) is 16.0 Å². The first-order valence-corrected chi connectivity index (χ1v) is 5.59. The Morgan fingerprint density at radius 3 is 2.47 bits per heavy atom. The van der Waals surface area contributed by atoms with Gasteiger partial charge in [0.15, 0.2) is 0 Å². The van der Waals surface area contributed by atoms with Gasteiger partial charge in [-0.05, 0) is 37.5 Å². The van der Waals surface area contributed by atoms with Gasteiger partial charge < -0.3 is 9.47 Å². The molecule has 0 saturated heterocycles. The molecule has 0 heterocycles. The van der Waals surface area contributed by atoms with Gasteiger partial charge in [0, 0.05) is 5.57 Å². The van der Waals surface area contributed by atoms with E-state index in [-0.39, 0.29) is 5.97 Å². The van der Waals surface area contributed by atoms with Gasteiger partial charge in [0.05, 0.1) is 13.7 Å². The van der Waals surface area contributed by atoms with Gasteiger partial charge in [0.2, 0.25) is 0 Å². The van der Waals surface area contributed by atoms with Crippen LogP contribution in [0, 0.1) is 0 Å². The van der Waals surface area contributed by atoms with Crippen molar-refractivity contribution >= 4 is 5.97 Å². The maximum atomic E-state index is 11.1. The lowest BCUT2D eigenvalue weighted by Gasteiger charge is -2.05. The molecule has 1 rings (SSSR count). The van der Waals surface area contributed by atoms with Crippen LogP contribution in [-0.4, -0.2) is 19.7 Å². The van der Waals surface area contributed by atoms with Crippen molar-refractivity contribution in [2.75, 3.05) is 13.7 Å². The number of carbonyl (C=O) groups is 1. The van der Waals surface area contributed by atoms with Gasteiger partial charge in [-0.15, -0.1) is 0 Å². The van der Waals surface area contributed by atoms with Crippen LogP contribution in [0.2, 0.25) is 0 Å². The van der Waals surface area contributed by atoms with Crippen LogP contribution in [0.3, 0.4) is 0 Å². The molecule has 0 radical (unpaired) electrons. The first kappa shape index (κ1) is 13.3. The monoisotopic (exact) mass is 234 g/mol. The molecular weight excluding hydrogens is 216 g/mol. The van der Waals surface area contributed by atoms with E-state index in [4.69, 9.17) is 9.47 Å². The smallest absolute Gasteiger partial charge is 0.333 e. The molecule has 0 bridgehead atoms. The summed E-state index contributed by atoms with van der Waals surface area (Å²) in [5, 5.41) is 0. The van der Waals surface area contributed by atoms with Crippen molar-refractivity contribution in [3.8, 4) is 5.75 Å². The highest BCUT2D eigenvalue weighted by molar-refractivity contribution is 5.86. The molecule has 0 N–H and O–H groups in total. The van der Waals surface area contributed by atoms with Crippen molar-refractivity contribution in [1.82, 2.24) is 0 Å². The summed E-state index contributed by atoms with van der Waals surface area (Å²) in [6.07, 6.45) is 1.69. The third-order valence-electron chi connectivity index (χ3n) is 2.35. The highest BCUT2D eigenvalue weighted by Crippen LogP contribution is 2.12. The molecule has 0 saturated carbocycles. The van der Waals surface area contributed by atoms with E-state index < -0.39 is 0 Å². The van der Waals surface area contributed by atoms with Gasteiger partial charge in [-0.3, -0.25) is 0 Å². The third kappa shape index (κ3) is 4.72. The summed E-state index contributed by atoms with van der Waals surface area (Å²) in [5.41, 5.74) is 1.65. The molecule has 0 atom stereocenters. The molecule has 1 aromatic carbocycles. The topological polar surface area (TPSA) is 35.5 Å². The number of ether oxygens (including phenoxy) is 2. The fraction of sp³-hybridized carbons (Fsp3) is 0.357. The maximum absolute atomic E-state index is 11.1. The highest BCUT2D eigenvalue weighted by Gasteiger charge is 2.02. The second-order valence-corrected chi connectivity index (χ2v) is 3.87. The zero-order valence-corrected chi connectivity index (χ0v) is 10.4. The number of rotatable bonds is 6. The molecule has 3 nitrogen and oxygen atoms in total. The number of methoxy groups -OCH3 is 1. The van der Waals surface area contributed by atoms with Crippen LogP contribution in [0.15, 0.2) is 36.4 Å². The minimum Gasteiger partial charge on any atom is -0.497 e. The molecule has 0 aliphatic heterocycles. The van der Waals surface area contributed by atoms with Crippen molar-refractivity contribution < 1.29 is 14.3 Å². The Labute approximate surface area is 102 Å². The molecule has 0 aliphatic carbocycles. The molecule has 0 aliphatic rings. The normalized spacial score (nSPS) is 9.76. The van der Waals surface area contributed by atoms with Crippen LogP contribution in [0.1, 0.15) is 18.9 Å². The Bertz CT molecular complexity index is 379. The Hall–Kier alpha value is -1.77. The van der Waals surface area contributed by atoms with E-state index in [0.29, 0.717) is 12.2 Å². The van der Waals surface area contributed by atoms with E-state index >= 15 is 0 Å². The number of hydrogen-bond donors (Lipinski definition) is 0. The Morgan fingerprint density at radius 2 is 1.94 bits per heavy atom. The quantitative estimate of drug-likeness (QED) is 0.431. The molecule has 0 aromatic heterocycles. The zero-order chi connectivity index (χ0) is 12.7. The largest absolute Gasteiger partial charge is 0.497 e. The Kier molecular flexibility index (Phi) is 5.27. The molecule has 17 heavy (non-hydrogen) atoms. The summed E-state index contributed by atoms with van der Waals surface area (Å²) < 4.78 is 10.1. The second-order valence-electron chi connectivity index (χ2n) is 3.87. The number of aryl methyl sites for hydroxylation is 1. The molecule has 0 fully saturated rings. The summed E-state index contributed by atoms with van der Waals surface area (Å²) in [4.78, 5) is 11.1. The fourth-order valence-electron chi connectivity index (χ4n) is 1.36. The number of esters is 1. The lowest BCUT2D eigenvalue weighted by atomic mass is 10.1. The van der Waals surface area contributed by atoms with E-state index in [1.165, 1.54) is 5.56 Å². The molecule has 3 heteroatoms. The number of carbonyl (C=O) groups excluding carboxylic acids is 1. The fourth-order valence-corrected chi connectivity index (χ4v) is 1.36. The summed E-state index contributed by atoms with van der Waals surface area (Å²) in [6, 6.07) is 7.88. The molecule has 0 unspecified atom stereocenters. The van der Waals surface area contributed by atoms with Crippen molar-refractivity contribution in [3.63, 3.8) is 0 Å². The lowest BCUT2D eigenvalue weighted by molar-refractivity contribution is -0.139. The van der Waals surface area contributed by atoms with Crippen LogP contribution in [0.4, 0.5) is 0 Å². The molecular formula is C14H18O3. The van der Waals surface area contributed by atoms with E-state index in [0.717, 1.165) is 18.6 Å². The van der Waals surface area contributed by atoms with Gasteiger partial charge in [-0.2, -0.15) is 0 Å². The van der Waals surface area contributed by atoms with Crippen LogP contribution < -0.4 is 4.74 Å². The minimum atomic E-state index is -0.320. The van der Waals surface area contributed by atoms with Crippen LogP contribution >= 0.6 is 0 Å². The van der Waals surface area contributed by atoms with E-state index in [1.807, 2.05) is 24.3 Å². The second kappa shape index (κ2) is 6.74. The van der Waals surface area contributed by atoms with Crippen molar-refractivity contribution in [2.45, 2.75) is 19.8 Å². The van der Waals surface area contributed by atoms with Gasteiger partial charge in [0.1, 0.15) is 5.75 Å². The van der Waals surface area contributed by atoms with Crippen LogP contribution in [0.25, 0.3) is 0 Å². The van der Waals surface area contributed by atoms with Crippen molar-refractivity contribution in [3.05, 3.63) is 42.0 Å². The molecule has 92 valence electrons. The van der Waals surface area contributed by atoms with Gasteiger partial charge in [-0.25, -0.2) is 4.79 Å². The minimum absolute atomic E-state index is 0.320. The summed E-state index contributed by atoms with van der Waals surface area (Å²) in [6.45, 7) is 5.60. The van der Waals surface area contributed by atoms with Crippen LogP contribution in [0.5, 0.6) is 5.75 Å². The summed E-state index contributed by atoms with van der Waals surface area (Å²) >= 11 is 0.